The third kappa shape index (κ3) is 4.32. The Labute approximate surface area is 254 Å². The number of fused-ring (bicyclic) bond motifs is 7. The topological polar surface area (TPSA) is 82.1 Å². The maximum Gasteiger partial charge on any atom is 0.205 e. The molecule has 226 valence electrons. The van der Waals surface area contributed by atoms with Crippen LogP contribution in [0.15, 0.2) is 78.4 Å². The Kier molecular flexibility index (Phi) is 7.03. The zero-order chi connectivity index (χ0) is 30.0. The van der Waals surface area contributed by atoms with Crippen LogP contribution >= 0.6 is 0 Å². The van der Waals surface area contributed by atoms with Crippen molar-refractivity contribution in [2.45, 2.75) is 83.4 Å². The molecule has 4 aliphatic carbocycles. The quantitative estimate of drug-likeness (QED) is 0.403. The fourth-order valence-corrected chi connectivity index (χ4v) is 9.64. The minimum Gasteiger partial charge on any atom is -0.486 e. The molecule has 5 aliphatic rings. The SMILES string of the molecule is CCCC1O[C@H]2CC3C4CCC5=CC(=O)C=CC5(C)C4[C@@H](O)CC3(C)[C@]2(C(=O)COc2ccc(-c3ccccc3)cc2)O1. The lowest BCUT2D eigenvalue weighted by atomic mass is 9.46. The molecule has 4 fully saturated rings. The highest BCUT2D eigenvalue weighted by molar-refractivity contribution is 6.01. The molecule has 1 aliphatic heterocycles. The van der Waals surface area contributed by atoms with Crippen LogP contribution in [0.1, 0.15) is 59.3 Å². The lowest BCUT2D eigenvalue weighted by Gasteiger charge is -2.59. The van der Waals surface area contributed by atoms with Gasteiger partial charge in [-0.05, 0) is 79.4 Å². The molecule has 0 radical (unpaired) electrons. The Morgan fingerprint density at radius 3 is 2.56 bits per heavy atom. The number of aliphatic hydroxyl groups is 1. The maximum absolute atomic E-state index is 14.4. The van der Waals surface area contributed by atoms with Crippen LogP contribution in [-0.2, 0) is 19.1 Å². The number of carbonyl (C=O) groups excluding carboxylic acids is 2. The van der Waals surface area contributed by atoms with E-state index in [4.69, 9.17) is 14.2 Å². The van der Waals surface area contributed by atoms with Gasteiger partial charge in [0.2, 0.25) is 5.78 Å². The molecule has 3 saturated carbocycles. The molecule has 6 heteroatoms. The van der Waals surface area contributed by atoms with Gasteiger partial charge in [0.25, 0.3) is 0 Å². The Hall–Kier alpha value is -3.06. The lowest BCUT2D eigenvalue weighted by molar-refractivity contribution is -0.200. The van der Waals surface area contributed by atoms with Crippen LogP contribution in [0.5, 0.6) is 5.75 Å². The number of hydrogen-bond donors (Lipinski definition) is 1. The molecule has 1 N–H and O–H groups in total. The molecular weight excluding hydrogens is 540 g/mol. The molecule has 2 aromatic rings. The summed E-state index contributed by atoms with van der Waals surface area (Å²) in [6.07, 6.45) is 8.46. The first-order chi connectivity index (χ1) is 20.7. The smallest absolute Gasteiger partial charge is 0.205 e. The second-order valence-electron chi connectivity index (χ2n) is 13.7. The molecule has 1 heterocycles. The zero-order valence-electron chi connectivity index (χ0n) is 25.3. The van der Waals surface area contributed by atoms with E-state index in [2.05, 4.69) is 32.9 Å². The number of rotatable bonds is 7. The maximum atomic E-state index is 14.4. The van der Waals surface area contributed by atoms with Crippen LogP contribution in [0.2, 0.25) is 0 Å². The molecule has 0 spiro atoms. The fraction of sp³-hybridized carbons (Fsp3) is 0.514. The van der Waals surface area contributed by atoms with Crippen molar-refractivity contribution in [3.63, 3.8) is 0 Å². The largest absolute Gasteiger partial charge is 0.486 e. The average molecular weight is 583 g/mol. The molecular formula is C37H42O6. The van der Waals surface area contributed by atoms with Gasteiger partial charge in [0.05, 0.1) is 12.2 Å². The highest BCUT2D eigenvalue weighted by Crippen LogP contribution is 2.69. The van der Waals surface area contributed by atoms with E-state index < -0.39 is 23.4 Å². The van der Waals surface area contributed by atoms with Gasteiger partial charge < -0.3 is 19.3 Å². The molecule has 7 rings (SSSR count). The minimum atomic E-state index is -1.18. The Morgan fingerprint density at radius 2 is 1.81 bits per heavy atom. The number of ketones is 2. The average Bonchev–Trinajstić information content (AvgIpc) is 3.49. The molecule has 0 bridgehead atoms. The molecule has 6 unspecified atom stereocenters. The van der Waals surface area contributed by atoms with E-state index in [-0.39, 0.29) is 47.4 Å². The van der Waals surface area contributed by atoms with Crippen LogP contribution < -0.4 is 4.74 Å². The summed E-state index contributed by atoms with van der Waals surface area (Å²) >= 11 is 0. The third-order valence-corrected chi connectivity index (χ3v) is 11.6. The first-order valence-electron chi connectivity index (χ1n) is 16.0. The highest BCUT2D eigenvalue weighted by atomic mass is 16.7. The van der Waals surface area contributed by atoms with E-state index >= 15 is 0 Å². The monoisotopic (exact) mass is 582 g/mol. The van der Waals surface area contributed by atoms with E-state index in [1.165, 1.54) is 0 Å². The summed E-state index contributed by atoms with van der Waals surface area (Å²) in [5, 5.41) is 11.9. The predicted molar refractivity (Wildman–Crippen MR) is 163 cm³/mol. The fourth-order valence-electron chi connectivity index (χ4n) is 9.64. The van der Waals surface area contributed by atoms with Gasteiger partial charge in [-0.2, -0.15) is 0 Å². The first-order valence-corrected chi connectivity index (χ1v) is 16.0. The standard InChI is InChI=1S/C37H42O6/c1-4-8-33-42-32-20-29-28-16-13-25-19-26(38)17-18-35(25,2)34(28)30(39)21-36(29,3)37(32,43-33)31(40)22-41-27-14-11-24(12-15-27)23-9-6-5-7-10-23/h5-7,9-12,14-15,17-19,28-30,32-34,39H,4,8,13,16,20-22H2,1-3H3/t28?,29?,30-,32-,33?,34?,35?,36?,37+/m0/s1. The van der Waals surface area contributed by atoms with E-state index in [9.17, 15) is 14.7 Å². The molecule has 0 amide bonds. The highest BCUT2D eigenvalue weighted by Gasteiger charge is 2.75. The minimum absolute atomic E-state index is 0.0216. The number of aliphatic hydroxyl groups excluding tert-OH is 1. The van der Waals surface area contributed by atoms with Gasteiger partial charge in [-0.25, -0.2) is 0 Å². The zero-order valence-corrected chi connectivity index (χ0v) is 25.3. The van der Waals surface area contributed by atoms with Crippen LogP contribution in [-0.4, -0.2) is 47.4 Å². The summed E-state index contributed by atoms with van der Waals surface area (Å²) in [4.78, 5) is 26.7. The van der Waals surface area contributed by atoms with Crippen molar-refractivity contribution in [2.24, 2.45) is 28.6 Å². The molecule has 9 atom stereocenters. The molecule has 2 aromatic carbocycles. The van der Waals surface area contributed by atoms with Crippen molar-refractivity contribution in [3.8, 4) is 16.9 Å². The Bertz CT molecular complexity index is 1460. The van der Waals surface area contributed by atoms with Gasteiger partial charge >= 0.3 is 0 Å². The van der Waals surface area contributed by atoms with E-state index in [0.717, 1.165) is 42.4 Å². The summed E-state index contributed by atoms with van der Waals surface area (Å²) < 4.78 is 19.4. The van der Waals surface area contributed by atoms with Crippen molar-refractivity contribution in [1.82, 2.24) is 0 Å². The van der Waals surface area contributed by atoms with Crippen molar-refractivity contribution >= 4 is 11.6 Å². The summed E-state index contributed by atoms with van der Waals surface area (Å²) in [6.45, 7) is 6.29. The number of Topliss-reactive ketones (excluding diaryl/α,β-unsaturated/α-hetero) is 1. The predicted octanol–water partition coefficient (Wildman–Crippen LogP) is 6.47. The summed E-state index contributed by atoms with van der Waals surface area (Å²) in [5.74, 6) is 0.863. The number of carbonyl (C=O) groups is 2. The van der Waals surface area contributed by atoms with E-state index in [1.807, 2.05) is 48.5 Å². The number of benzene rings is 2. The molecule has 43 heavy (non-hydrogen) atoms. The van der Waals surface area contributed by atoms with Crippen molar-refractivity contribution in [1.29, 1.82) is 0 Å². The molecule has 6 nitrogen and oxygen atoms in total. The van der Waals surface area contributed by atoms with Crippen LogP contribution in [0.25, 0.3) is 11.1 Å². The van der Waals surface area contributed by atoms with Gasteiger partial charge in [-0.3, -0.25) is 9.59 Å². The Morgan fingerprint density at radius 1 is 1.07 bits per heavy atom. The van der Waals surface area contributed by atoms with Gasteiger partial charge in [0.1, 0.15) is 12.4 Å². The summed E-state index contributed by atoms with van der Waals surface area (Å²) in [7, 11) is 0. The normalized spacial score (nSPS) is 39.3. The van der Waals surface area contributed by atoms with Crippen molar-refractivity contribution in [2.75, 3.05) is 6.61 Å². The van der Waals surface area contributed by atoms with Crippen LogP contribution in [0.4, 0.5) is 0 Å². The number of allylic oxidation sites excluding steroid dienone is 4. The summed E-state index contributed by atoms with van der Waals surface area (Å²) in [5.41, 5.74) is 1.18. The van der Waals surface area contributed by atoms with Crippen LogP contribution in [0.3, 0.4) is 0 Å². The van der Waals surface area contributed by atoms with Crippen molar-refractivity contribution in [3.05, 3.63) is 78.4 Å². The van der Waals surface area contributed by atoms with Gasteiger partial charge in [0, 0.05) is 16.7 Å². The van der Waals surface area contributed by atoms with Crippen LogP contribution in [0, 0.1) is 28.6 Å². The van der Waals surface area contributed by atoms with E-state index in [0.29, 0.717) is 18.6 Å². The van der Waals surface area contributed by atoms with E-state index in [1.54, 1.807) is 12.2 Å². The van der Waals surface area contributed by atoms with Gasteiger partial charge in [-0.1, -0.05) is 81.3 Å². The second kappa shape index (κ2) is 10.5. The van der Waals surface area contributed by atoms with Gasteiger partial charge in [0.15, 0.2) is 17.7 Å². The Balaban J connectivity index is 1.17. The summed E-state index contributed by atoms with van der Waals surface area (Å²) in [6, 6.07) is 18.0. The van der Waals surface area contributed by atoms with Crippen molar-refractivity contribution < 1.29 is 28.9 Å². The second-order valence-corrected chi connectivity index (χ2v) is 13.7. The molecule has 1 saturated heterocycles. The molecule has 0 aromatic heterocycles. The number of hydrogen-bond acceptors (Lipinski definition) is 6. The van der Waals surface area contributed by atoms with Gasteiger partial charge in [-0.15, -0.1) is 0 Å². The number of ether oxygens (including phenoxy) is 3. The lowest BCUT2D eigenvalue weighted by Crippen LogP contribution is -2.63. The first kappa shape index (κ1) is 28.7. The third-order valence-electron chi connectivity index (χ3n) is 11.6.